The molecule has 2 rings (SSSR count). The van der Waals surface area contributed by atoms with E-state index in [4.69, 9.17) is 4.74 Å². The summed E-state index contributed by atoms with van der Waals surface area (Å²) in [5, 5.41) is 5.00. The third kappa shape index (κ3) is 6.10. The van der Waals surface area contributed by atoms with Gasteiger partial charge in [-0.1, -0.05) is 30.3 Å². The number of amides is 2. The van der Waals surface area contributed by atoms with Crippen molar-refractivity contribution in [2.75, 3.05) is 32.1 Å². The van der Waals surface area contributed by atoms with Crippen molar-refractivity contribution in [2.45, 2.75) is 12.8 Å². The number of hydrogen-bond donors (Lipinski definition) is 1. The zero-order valence-electron chi connectivity index (χ0n) is 13.6. The second kappa shape index (κ2) is 9.79. The van der Waals surface area contributed by atoms with E-state index < -0.39 is 0 Å². The lowest BCUT2D eigenvalue weighted by molar-refractivity contribution is -0.135. The second-order valence-corrected chi connectivity index (χ2v) is 6.07. The van der Waals surface area contributed by atoms with Crippen molar-refractivity contribution in [3.8, 4) is 0 Å². The molecule has 0 aliphatic heterocycles. The highest BCUT2D eigenvalue weighted by molar-refractivity contribution is 7.13. The van der Waals surface area contributed by atoms with Crippen LogP contribution in [0, 0.1) is 0 Å². The molecule has 0 aliphatic rings. The number of anilines is 1. The summed E-state index contributed by atoms with van der Waals surface area (Å²) in [6, 6.07) is 9.82. The van der Waals surface area contributed by atoms with Crippen molar-refractivity contribution in [3.05, 3.63) is 47.5 Å². The highest BCUT2D eigenvalue weighted by Gasteiger charge is 2.17. The normalized spacial score (nSPS) is 10.4. The summed E-state index contributed by atoms with van der Waals surface area (Å²) in [6.45, 7) is 0.771. The Hall–Kier alpha value is -2.25. The standard InChI is InChI=1S/C17H21N3O3S/c1-23-11-10-20(13-15(21)19-17-18-9-12-24-17)16(22)8-7-14-5-3-2-4-6-14/h2-6,9,12H,7-8,10-11,13H2,1H3,(H,18,19,21). The van der Waals surface area contributed by atoms with Crippen molar-refractivity contribution in [3.63, 3.8) is 0 Å². The first-order valence-corrected chi connectivity index (χ1v) is 8.57. The van der Waals surface area contributed by atoms with Gasteiger partial charge >= 0.3 is 0 Å². The van der Waals surface area contributed by atoms with Crippen molar-refractivity contribution in [1.29, 1.82) is 0 Å². The lowest BCUT2D eigenvalue weighted by atomic mass is 10.1. The number of carbonyl (C=O) groups excluding carboxylic acids is 2. The predicted molar refractivity (Wildman–Crippen MR) is 94.0 cm³/mol. The molecule has 1 aromatic carbocycles. The van der Waals surface area contributed by atoms with Gasteiger partial charge in [-0.15, -0.1) is 11.3 Å². The molecule has 0 atom stereocenters. The van der Waals surface area contributed by atoms with Gasteiger partial charge in [0.2, 0.25) is 11.8 Å². The number of ether oxygens (including phenoxy) is 1. The summed E-state index contributed by atoms with van der Waals surface area (Å²) in [5.74, 6) is -0.320. The summed E-state index contributed by atoms with van der Waals surface area (Å²) in [6.07, 6.45) is 2.63. The Labute approximate surface area is 145 Å². The van der Waals surface area contributed by atoms with Crippen LogP contribution in [0.4, 0.5) is 5.13 Å². The summed E-state index contributed by atoms with van der Waals surface area (Å²) in [4.78, 5) is 30.0. The Bertz CT molecular complexity index is 632. The quantitative estimate of drug-likeness (QED) is 0.755. The zero-order valence-corrected chi connectivity index (χ0v) is 14.4. The van der Waals surface area contributed by atoms with Gasteiger partial charge in [-0.3, -0.25) is 9.59 Å². The number of nitrogens with one attached hydrogen (secondary N) is 1. The molecule has 1 N–H and O–H groups in total. The Morgan fingerprint density at radius 2 is 2.08 bits per heavy atom. The number of aryl methyl sites for hydroxylation is 1. The van der Waals surface area contributed by atoms with E-state index in [1.54, 1.807) is 18.7 Å². The number of thiazole rings is 1. The molecule has 0 unspecified atom stereocenters. The van der Waals surface area contributed by atoms with E-state index in [9.17, 15) is 9.59 Å². The van der Waals surface area contributed by atoms with E-state index in [0.29, 0.717) is 31.1 Å². The van der Waals surface area contributed by atoms with Crippen LogP contribution in [0.2, 0.25) is 0 Å². The molecule has 1 heterocycles. The number of rotatable bonds is 9. The first-order valence-electron chi connectivity index (χ1n) is 7.69. The fourth-order valence-corrected chi connectivity index (χ4v) is 2.71. The van der Waals surface area contributed by atoms with Crippen LogP contribution >= 0.6 is 11.3 Å². The van der Waals surface area contributed by atoms with Gasteiger partial charge in [-0.25, -0.2) is 4.98 Å². The number of benzene rings is 1. The Morgan fingerprint density at radius 3 is 2.75 bits per heavy atom. The van der Waals surface area contributed by atoms with Gasteiger partial charge in [0.25, 0.3) is 0 Å². The third-order valence-electron chi connectivity index (χ3n) is 3.40. The monoisotopic (exact) mass is 347 g/mol. The highest BCUT2D eigenvalue weighted by atomic mass is 32.1. The zero-order chi connectivity index (χ0) is 17.2. The van der Waals surface area contributed by atoms with Crippen LogP contribution in [0.15, 0.2) is 41.9 Å². The first kappa shape index (κ1) is 18.1. The molecule has 0 bridgehead atoms. The molecule has 0 radical (unpaired) electrons. The fourth-order valence-electron chi connectivity index (χ4n) is 2.16. The van der Waals surface area contributed by atoms with Crippen LogP contribution in [0.5, 0.6) is 0 Å². The maximum Gasteiger partial charge on any atom is 0.245 e. The Morgan fingerprint density at radius 1 is 1.29 bits per heavy atom. The second-order valence-electron chi connectivity index (χ2n) is 5.18. The molecule has 0 saturated heterocycles. The summed E-state index contributed by atoms with van der Waals surface area (Å²) < 4.78 is 5.04. The van der Waals surface area contributed by atoms with E-state index in [0.717, 1.165) is 5.56 Å². The Balaban J connectivity index is 1.88. The van der Waals surface area contributed by atoms with Crippen LogP contribution in [0.25, 0.3) is 0 Å². The van der Waals surface area contributed by atoms with Crippen molar-refractivity contribution < 1.29 is 14.3 Å². The summed E-state index contributed by atoms with van der Waals surface area (Å²) in [5.41, 5.74) is 1.10. The topological polar surface area (TPSA) is 71.5 Å². The number of hydrogen-bond acceptors (Lipinski definition) is 5. The van der Waals surface area contributed by atoms with Crippen molar-refractivity contribution in [2.24, 2.45) is 0 Å². The molecule has 0 fully saturated rings. The highest BCUT2D eigenvalue weighted by Crippen LogP contribution is 2.10. The van der Waals surface area contributed by atoms with Crippen LogP contribution < -0.4 is 5.32 Å². The average Bonchev–Trinajstić information content (AvgIpc) is 3.10. The lowest BCUT2D eigenvalue weighted by Gasteiger charge is -2.21. The molecule has 24 heavy (non-hydrogen) atoms. The van der Waals surface area contributed by atoms with E-state index in [1.165, 1.54) is 16.2 Å². The minimum atomic E-state index is -0.255. The third-order valence-corrected chi connectivity index (χ3v) is 4.09. The molecule has 128 valence electrons. The number of methoxy groups -OCH3 is 1. The molecule has 2 amide bonds. The summed E-state index contributed by atoms with van der Waals surface area (Å²) >= 11 is 1.34. The molecule has 6 nitrogen and oxygen atoms in total. The maximum absolute atomic E-state index is 12.4. The molecule has 1 aromatic heterocycles. The summed E-state index contributed by atoms with van der Waals surface area (Å²) in [7, 11) is 1.57. The molecule has 0 spiro atoms. The Kier molecular flexibility index (Phi) is 7.38. The van der Waals surface area contributed by atoms with Gasteiger partial charge in [-0.05, 0) is 12.0 Å². The largest absolute Gasteiger partial charge is 0.383 e. The van der Waals surface area contributed by atoms with Crippen LogP contribution in [-0.4, -0.2) is 48.5 Å². The minimum Gasteiger partial charge on any atom is -0.383 e. The van der Waals surface area contributed by atoms with Crippen molar-refractivity contribution in [1.82, 2.24) is 9.88 Å². The van der Waals surface area contributed by atoms with Gasteiger partial charge in [0, 0.05) is 31.7 Å². The van der Waals surface area contributed by atoms with E-state index in [2.05, 4.69) is 10.3 Å². The van der Waals surface area contributed by atoms with Crippen LogP contribution in [-0.2, 0) is 20.7 Å². The van der Waals surface area contributed by atoms with Gasteiger partial charge in [0.15, 0.2) is 5.13 Å². The SMILES string of the molecule is COCCN(CC(=O)Nc1nccs1)C(=O)CCc1ccccc1. The van der Waals surface area contributed by atoms with Gasteiger partial charge in [0.05, 0.1) is 6.61 Å². The van der Waals surface area contributed by atoms with Gasteiger partial charge < -0.3 is 15.0 Å². The minimum absolute atomic E-state index is 0.00341. The number of carbonyl (C=O) groups is 2. The number of aromatic nitrogens is 1. The van der Waals surface area contributed by atoms with E-state index >= 15 is 0 Å². The first-order chi connectivity index (χ1) is 11.7. The molecule has 7 heteroatoms. The van der Waals surface area contributed by atoms with E-state index in [-0.39, 0.29) is 18.4 Å². The predicted octanol–water partition coefficient (Wildman–Crippen LogP) is 2.19. The van der Waals surface area contributed by atoms with Crippen LogP contribution in [0.1, 0.15) is 12.0 Å². The molecule has 2 aromatic rings. The average molecular weight is 347 g/mol. The van der Waals surface area contributed by atoms with Gasteiger partial charge in [-0.2, -0.15) is 0 Å². The maximum atomic E-state index is 12.4. The molecular formula is C17H21N3O3S. The number of nitrogens with zero attached hydrogens (tertiary/aromatic N) is 2. The van der Waals surface area contributed by atoms with Gasteiger partial charge in [0.1, 0.15) is 6.54 Å². The molecular weight excluding hydrogens is 326 g/mol. The fraction of sp³-hybridized carbons (Fsp3) is 0.353. The molecule has 0 saturated carbocycles. The van der Waals surface area contributed by atoms with E-state index in [1.807, 2.05) is 30.3 Å². The lowest BCUT2D eigenvalue weighted by Crippen LogP contribution is -2.40. The smallest absolute Gasteiger partial charge is 0.245 e. The molecule has 0 aliphatic carbocycles. The van der Waals surface area contributed by atoms with Crippen molar-refractivity contribution >= 4 is 28.3 Å². The van der Waals surface area contributed by atoms with Crippen LogP contribution in [0.3, 0.4) is 0 Å².